The number of aromatic nitrogens is 2. The van der Waals surface area contributed by atoms with Crippen molar-refractivity contribution in [3.63, 3.8) is 0 Å². The number of nitrogens with two attached hydrogens (primary N) is 1. The van der Waals surface area contributed by atoms with Crippen LogP contribution in [0.4, 0.5) is 5.82 Å². The number of nitrogens with zero attached hydrogens (tertiary/aromatic N) is 4. The molecule has 2 aromatic heterocycles. The molecular formula is C22H25N5OS. The van der Waals surface area contributed by atoms with Crippen molar-refractivity contribution >= 4 is 23.0 Å². The molecule has 1 aliphatic rings. The second-order valence-corrected chi connectivity index (χ2v) is 8.18. The summed E-state index contributed by atoms with van der Waals surface area (Å²) in [7, 11) is 0. The summed E-state index contributed by atoms with van der Waals surface area (Å²) in [5.74, 6) is 1.31. The maximum atomic E-state index is 6.16. The fourth-order valence-corrected chi connectivity index (χ4v) is 4.33. The Labute approximate surface area is 175 Å². The quantitative estimate of drug-likeness (QED) is 0.374. The average Bonchev–Trinajstić information content (AvgIpc) is 3.15. The fraction of sp³-hybridized carbons (Fsp3) is 0.318. The number of piperidine rings is 1. The van der Waals surface area contributed by atoms with Crippen molar-refractivity contribution in [1.29, 1.82) is 0 Å². The second kappa shape index (κ2) is 9.05. The smallest absolute Gasteiger partial charge is 0.170 e. The molecule has 150 valence electrons. The number of aryl methyl sites for hydroxylation is 1. The first-order valence-corrected chi connectivity index (χ1v) is 10.7. The van der Waals surface area contributed by atoms with Crippen molar-refractivity contribution in [2.24, 2.45) is 10.9 Å². The van der Waals surface area contributed by atoms with E-state index in [4.69, 9.17) is 10.6 Å². The fourth-order valence-electron chi connectivity index (χ4n) is 3.35. The van der Waals surface area contributed by atoms with Crippen LogP contribution in [0, 0.1) is 6.92 Å². The Hall–Kier alpha value is -2.93. The summed E-state index contributed by atoms with van der Waals surface area (Å²) in [5, 5.41) is 5.11. The molecule has 0 unspecified atom stereocenters. The van der Waals surface area contributed by atoms with E-state index in [0.29, 0.717) is 12.4 Å². The van der Waals surface area contributed by atoms with Crippen LogP contribution in [0.2, 0.25) is 0 Å². The highest BCUT2D eigenvalue weighted by Gasteiger charge is 2.13. The van der Waals surface area contributed by atoms with Gasteiger partial charge < -0.3 is 15.5 Å². The third-order valence-corrected chi connectivity index (χ3v) is 6.17. The van der Waals surface area contributed by atoms with Crippen molar-refractivity contribution < 1.29 is 4.84 Å². The second-order valence-electron chi connectivity index (χ2n) is 7.09. The molecule has 0 spiro atoms. The molecule has 0 bridgehead atoms. The van der Waals surface area contributed by atoms with Crippen LogP contribution in [0.3, 0.4) is 0 Å². The van der Waals surface area contributed by atoms with E-state index in [1.165, 1.54) is 19.3 Å². The van der Waals surface area contributed by atoms with Gasteiger partial charge in [0.05, 0.1) is 10.6 Å². The molecule has 29 heavy (non-hydrogen) atoms. The lowest BCUT2D eigenvalue weighted by molar-refractivity contribution is 0.132. The number of amidine groups is 1. The first-order chi connectivity index (χ1) is 14.2. The number of hydrogen-bond donors (Lipinski definition) is 1. The lowest BCUT2D eigenvalue weighted by Crippen LogP contribution is -2.30. The summed E-state index contributed by atoms with van der Waals surface area (Å²) < 4.78 is 0. The number of hydrogen-bond acceptors (Lipinski definition) is 6. The number of benzene rings is 1. The molecule has 3 heterocycles. The van der Waals surface area contributed by atoms with Crippen LogP contribution >= 0.6 is 11.3 Å². The van der Waals surface area contributed by atoms with Gasteiger partial charge in [-0.3, -0.25) is 0 Å². The van der Waals surface area contributed by atoms with Gasteiger partial charge in [-0.15, -0.1) is 11.3 Å². The molecule has 6 nitrogen and oxygen atoms in total. The van der Waals surface area contributed by atoms with Crippen LogP contribution in [0.15, 0.2) is 53.8 Å². The standard InChI is InChI=1S/C22H25N5OS/c1-16-19(29-22(25-16)17-8-4-2-5-9-17)15-28-26-21(23)18-10-11-24-20(14-18)27-12-6-3-7-13-27/h2,4-5,8-11,14H,3,6-7,12-13,15H2,1H3,(H2,23,26). The van der Waals surface area contributed by atoms with Gasteiger partial charge in [0.15, 0.2) is 12.4 Å². The minimum Gasteiger partial charge on any atom is -0.388 e. The van der Waals surface area contributed by atoms with Gasteiger partial charge in [0.25, 0.3) is 0 Å². The van der Waals surface area contributed by atoms with Gasteiger partial charge in [-0.25, -0.2) is 9.97 Å². The first-order valence-electron chi connectivity index (χ1n) is 9.89. The largest absolute Gasteiger partial charge is 0.388 e. The third-order valence-electron chi connectivity index (χ3n) is 4.99. The number of oxime groups is 1. The van der Waals surface area contributed by atoms with Crippen LogP contribution in [-0.4, -0.2) is 28.9 Å². The molecule has 0 saturated carbocycles. The van der Waals surface area contributed by atoms with E-state index in [0.717, 1.165) is 45.6 Å². The zero-order valence-corrected chi connectivity index (χ0v) is 17.4. The van der Waals surface area contributed by atoms with Crippen LogP contribution in [0.25, 0.3) is 10.6 Å². The molecule has 1 saturated heterocycles. The SMILES string of the molecule is Cc1nc(-c2ccccc2)sc1CO/N=C(/N)c1ccnc(N2CCCCC2)c1. The monoisotopic (exact) mass is 407 g/mol. The summed E-state index contributed by atoms with van der Waals surface area (Å²) in [6.07, 6.45) is 5.48. The zero-order valence-electron chi connectivity index (χ0n) is 16.5. The van der Waals surface area contributed by atoms with E-state index in [1.807, 2.05) is 37.3 Å². The maximum absolute atomic E-state index is 6.16. The van der Waals surface area contributed by atoms with Gasteiger partial charge in [0.2, 0.25) is 0 Å². The number of pyridine rings is 1. The Morgan fingerprint density at radius 3 is 2.76 bits per heavy atom. The van der Waals surface area contributed by atoms with E-state index in [9.17, 15) is 0 Å². The molecule has 0 atom stereocenters. The van der Waals surface area contributed by atoms with E-state index in [-0.39, 0.29) is 0 Å². The molecule has 1 aliphatic heterocycles. The van der Waals surface area contributed by atoms with E-state index in [1.54, 1.807) is 17.5 Å². The predicted molar refractivity (Wildman–Crippen MR) is 118 cm³/mol. The van der Waals surface area contributed by atoms with E-state index >= 15 is 0 Å². The third kappa shape index (κ3) is 4.74. The van der Waals surface area contributed by atoms with Crippen LogP contribution in [-0.2, 0) is 11.4 Å². The van der Waals surface area contributed by atoms with Crippen molar-refractivity contribution in [3.8, 4) is 10.6 Å². The summed E-state index contributed by atoms with van der Waals surface area (Å²) >= 11 is 1.62. The Kier molecular flexibility index (Phi) is 6.05. The minimum atomic E-state index is 0.348. The first kappa shape index (κ1) is 19.4. The number of rotatable bonds is 6. The highest BCUT2D eigenvalue weighted by molar-refractivity contribution is 7.15. The average molecular weight is 408 g/mol. The van der Waals surface area contributed by atoms with E-state index in [2.05, 4.69) is 32.2 Å². The normalized spacial score (nSPS) is 14.8. The predicted octanol–water partition coefficient (Wildman–Crippen LogP) is 4.34. The molecular weight excluding hydrogens is 382 g/mol. The number of anilines is 1. The summed E-state index contributed by atoms with van der Waals surface area (Å²) in [6, 6.07) is 14.0. The molecule has 7 heteroatoms. The van der Waals surface area contributed by atoms with Crippen LogP contribution < -0.4 is 10.6 Å². The van der Waals surface area contributed by atoms with Crippen molar-refractivity contribution in [2.45, 2.75) is 32.8 Å². The van der Waals surface area contributed by atoms with Gasteiger partial charge in [-0.05, 0) is 38.3 Å². The Morgan fingerprint density at radius 2 is 1.97 bits per heavy atom. The van der Waals surface area contributed by atoms with Gasteiger partial charge in [-0.1, -0.05) is 35.5 Å². The highest BCUT2D eigenvalue weighted by Crippen LogP contribution is 2.28. The minimum absolute atomic E-state index is 0.348. The summed E-state index contributed by atoms with van der Waals surface area (Å²) in [4.78, 5) is 18.0. The van der Waals surface area contributed by atoms with Gasteiger partial charge >= 0.3 is 0 Å². The Balaban J connectivity index is 1.41. The van der Waals surface area contributed by atoms with Gasteiger partial charge in [0, 0.05) is 30.4 Å². The van der Waals surface area contributed by atoms with Crippen molar-refractivity contribution in [3.05, 3.63) is 64.8 Å². The topological polar surface area (TPSA) is 76.6 Å². The lowest BCUT2D eigenvalue weighted by atomic mass is 10.1. The van der Waals surface area contributed by atoms with Crippen molar-refractivity contribution in [1.82, 2.24) is 9.97 Å². The maximum Gasteiger partial charge on any atom is 0.170 e. The lowest BCUT2D eigenvalue weighted by Gasteiger charge is -2.27. The number of thiazole rings is 1. The Morgan fingerprint density at radius 1 is 1.17 bits per heavy atom. The summed E-state index contributed by atoms with van der Waals surface area (Å²) in [6.45, 7) is 4.42. The molecule has 1 fully saturated rings. The van der Waals surface area contributed by atoms with Crippen LogP contribution in [0.5, 0.6) is 0 Å². The molecule has 3 aromatic rings. The van der Waals surface area contributed by atoms with Gasteiger partial charge in [-0.2, -0.15) is 0 Å². The molecule has 0 aliphatic carbocycles. The molecule has 1 aromatic carbocycles. The molecule has 2 N–H and O–H groups in total. The molecule has 4 rings (SSSR count). The molecule has 0 radical (unpaired) electrons. The van der Waals surface area contributed by atoms with Crippen molar-refractivity contribution in [2.75, 3.05) is 18.0 Å². The molecule has 0 amide bonds. The van der Waals surface area contributed by atoms with E-state index < -0.39 is 0 Å². The summed E-state index contributed by atoms with van der Waals surface area (Å²) in [5.41, 5.74) is 9.05. The zero-order chi connectivity index (χ0) is 20.1. The Bertz CT molecular complexity index is 980. The van der Waals surface area contributed by atoms with Gasteiger partial charge in [0.1, 0.15) is 10.8 Å². The van der Waals surface area contributed by atoms with Crippen LogP contribution in [0.1, 0.15) is 35.4 Å². The highest BCUT2D eigenvalue weighted by atomic mass is 32.1.